The molecule has 2 amide bonds. The van der Waals surface area contributed by atoms with Crippen LogP contribution < -0.4 is 5.32 Å². The number of halogens is 1. The lowest BCUT2D eigenvalue weighted by Gasteiger charge is -2.19. The summed E-state index contributed by atoms with van der Waals surface area (Å²) in [6.07, 6.45) is 0.278. The fraction of sp³-hybridized carbons (Fsp3) is 0.333. The number of amides is 2. The largest absolute Gasteiger partial charge is 0.339 e. The van der Waals surface area contributed by atoms with Crippen molar-refractivity contribution in [1.82, 2.24) is 4.90 Å². The van der Waals surface area contributed by atoms with E-state index in [-0.39, 0.29) is 30.0 Å². The van der Waals surface area contributed by atoms with Crippen LogP contribution in [0.3, 0.4) is 0 Å². The van der Waals surface area contributed by atoms with Crippen LogP contribution in [0.5, 0.6) is 0 Å². The van der Waals surface area contributed by atoms with Crippen LogP contribution in [-0.4, -0.2) is 29.8 Å². The molecule has 0 aromatic heterocycles. The lowest BCUT2D eigenvalue weighted by Crippen LogP contribution is -2.30. The highest BCUT2D eigenvalue weighted by Crippen LogP contribution is 2.20. The minimum absolute atomic E-state index is 0.0314. The first-order valence-electron chi connectivity index (χ1n) is 8.89. The Bertz CT molecular complexity index is 755. The van der Waals surface area contributed by atoms with Gasteiger partial charge in [0.15, 0.2) is 0 Å². The van der Waals surface area contributed by atoms with Crippen LogP contribution in [0, 0.1) is 5.82 Å². The molecule has 1 unspecified atom stereocenters. The molecule has 0 aliphatic rings. The van der Waals surface area contributed by atoms with E-state index in [1.807, 2.05) is 20.8 Å². The van der Waals surface area contributed by atoms with Crippen LogP contribution >= 0.6 is 0 Å². The molecule has 2 aromatic carbocycles. The van der Waals surface area contributed by atoms with Crippen molar-refractivity contribution in [2.75, 3.05) is 18.4 Å². The van der Waals surface area contributed by atoms with E-state index in [1.54, 1.807) is 41.3 Å². The van der Waals surface area contributed by atoms with E-state index in [0.29, 0.717) is 24.3 Å². The number of carbonyl (C=O) groups is 2. The summed E-state index contributed by atoms with van der Waals surface area (Å²) in [5, 5.41) is 2.84. The number of hydrogen-bond donors (Lipinski definition) is 1. The minimum Gasteiger partial charge on any atom is -0.339 e. The van der Waals surface area contributed by atoms with Crippen LogP contribution in [0.4, 0.5) is 10.1 Å². The van der Waals surface area contributed by atoms with Gasteiger partial charge in [0.25, 0.3) is 5.91 Å². The molecule has 0 saturated heterocycles. The number of benzene rings is 2. The van der Waals surface area contributed by atoms with Crippen molar-refractivity contribution in [3.63, 3.8) is 0 Å². The van der Waals surface area contributed by atoms with Gasteiger partial charge in [-0.3, -0.25) is 9.59 Å². The van der Waals surface area contributed by atoms with Crippen molar-refractivity contribution in [3.8, 4) is 0 Å². The summed E-state index contributed by atoms with van der Waals surface area (Å²) in [5.74, 6) is -0.517. The maximum absolute atomic E-state index is 13.0. The molecule has 0 fully saturated rings. The standard InChI is InChI=1S/C21H25FN2O2/c1-4-24(5-2)21(26)17-7-6-8-19(14-17)23-20(25)13-15(3)16-9-11-18(22)12-10-16/h6-12,14-15H,4-5,13H2,1-3H3,(H,23,25). The van der Waals surface area contributed by atoms with Crippen molar-refractivity contribution in [1.29, 1.82) is 0 Å². The van der Waals surface area contributed by atoms with Gasteiger partial charge in [-0.1, -0.05) is 25.1 Å². The molecule has 0 saturated carbocycles. The molecule has 0 radical (unpaired) electrons. The van der Waals surface area contributed by atoms with E-state index in [1.165, 1.54) is 12.1 Å². The number of nitrogens with zero attached hydrogens (tertiary/aromatic N) is 1. The zero-order valence-corrected chi connectivity index (χ0v) is 15.5. The summed E-state index contributed by atoms with van der Waals surface area (Å²) in [4.78, 5) is 26.5. The van der Waals surface area contributed by atoms with Crippen molar-refractivity contribution in [2.45, 2.75) is 33.1 Å². The molecule has 1 N–H and O–H groups in total. The average Bonchev–Trinajstić information content (AvgIpc) is 2.63. The Hall–Kier alpha value is -2.69. The number of rotatable bonds is 7. The second kappa shape index (κ2) is 9.13. The van der Waals surface area contributed by atoms with Crippen molar-refractivity contribution in [3.05, 3.63) is 65.5 Å². The quantitative estimate of drug-likeness (QED) is 0.797. The highest BCUT2D eigenvalue weighted by atomic mass is 19.1. The number of anilines is 1. The predicted octanol–water partition coefficient (Wildman–Crippen LogP) is 4.44. The maximum Gasteiger partial charge on any atom is 0.253 e. The topological polar surface area (TPSA) is 49.4 Å². The predicted molar refractivity (Wildman–Crippen MR) is 102 cm³/mol. The Morgan fingerprint density at radius 2 is 1.73 bits per heavy atom. The Balaban J connectivity index is 2.01. The first kappa shape index (κ1) is 19.6. The zero-order valence-electron chi connectivity index (χ0n) is 15.5. The maximum atomic E-state index is 13.0. The Morgan fingerprint density at radius 3 is 2.35 bits per heavy atom. The van der Waals surface area contributed by atoms with Crippen LogP contribution in [0.25, 0.3) is 0 Å². The van der Waals surface area contributed by atoms with Gasteiger partial charge in [0.05, 0.1) is 0 Å². The third kappa shape index (κ3) is 5.15. The van der Waals surface area contributed by atoms with E-state index >= 15 is 0 Å². The lowest BCUT2D eigenvalue weighted by molar-refractivity contribution is -0.116. The van der Waals surface area contributed by atoms with E-state index in [4.69, 9.17) is 0 Å². The summed E-state index contributed by atoms with van der Waals surface area (Å²) in [6.45, 7) is 7.07. The van der Waals surface area contributed by atoms with Crippen LogP contribution in [0.15, 0.2) is 48.5 Å². The average molecular weight is 356 g/mol. The van der Waals surface area contributed by atoms with Gasteiger partial charge in [-0.25, -0.2) is 4.39 Å². The van der Waals surface area contributed by atoms with Gasteiger partial charge in [0.1, 0.15) is 5.82 Å². The molecule has 5 heteroatoms. The Morgan fingerprint density at radius 1 is 1.08 bits per heavy atom. The summed E-state index contributed by atoms with van der Waals surface area (Å²) < 4.78 is 13.0. The van der Waals surface area contributed by atoms with E-state index in [9.17, 15) is 14.0 Å². The molecule has 0 aliphatic carbocycles. The Labute approximate surface area is 154 Å². The second-order valence-corrected chi connectivity index (χ2v) is 6.26. The van der Waals surface area contributed by atoms with Crippen LogP contribution in [0.1, 0.15) is 49.0 Å². The number of nitrogens with one attached hydrogen (secondary N) is 1. The molecule has 0 spiro atoms. The minimum atomic E-state index is -0.292. The molecular weight excluding hydrogens is 331 g/mol. The highest BCUT2D eigenvalue weighted by molar-refractivity contribution is 5.97. The normalized spacial score (nSPS) is 11.7. The first-order chi connectivity index (χ1) is 12.4. The molecule has 0 heterocycles. The molecule has 26 heavy (non-hydrogen) atoms. The van der Waals surface area contributed by atoms with Crippen LogP contribution in [-0.2, 0) is 4.79 Å². The van der Waals surface area contributed by atoms with Gasteiger partial charge >= 0.3 is 0 Å². The molecule has 2 aromatic rings. The van der Waals surface area contributed by atoms with Gasteiger partial charge < -0.3 is 10.2 Å². The fourth-order valence-corrected chi connectivity index (χ4v) is 2.82. The first-order valence-corrected chi connectivity index (χ1v) is 8.89. The zero-order chi connectivity index (χ0) is 19.1. The number of hydrogen-bond acceptors (Lipinski definition) is 2. The molecule has 4 nitrogen and oxygen atoms in total. The van der Waals surface area contributed by atoms with Crippen molar-refractivity contribution >= 4 is 17.5 Å². The van der Waals surface area contributed by atoms with Gasteiger partial charge in [-0.05, 0) is 55.7 Å². The summed E-state index contributed by atoms with van der Waals surface area (Å²) in [6, 6.07) is 13.1. The van der Waals surface area contributed by atoms with E-state index in [0.717, 1.165) is 5.56 Å². The van der Waals surface area contributed by atoms with Crippen LogP contribution in [0.2, 0.25) is 0 Å². The monoisotopic (exact) mass is 356 g/mol. The molecule has 2 rings (SSSR count). The summed E-state index contributed by atoms with van der Waals surface area (Å²) in [7, 11) is 0. The van der Waals surface area contributed by atoms with Crippen molar-refractivity contribution < 1.29 is 14.0 Å². The molecule has 1 atom stereocenters. The lowest BCUT2D eigenvalue weighted by atomic mass is 9.97. The fourth-order valence-electron chi connectivity index (χ4n) is 2.82. The summed E-state index contributed by atoms with van der Waals surface area (Å²) >= 11 is 0. The third-order valence-corrected chi connectivity index (χ3v) is 4.37. The van der Waals surface area contributed by atoms with Gasteiger partial charge in [-0.2, -0.15) is 0 Å². The third-order valence-electron chi connectivity index (χ3n) is 4.37. The molecule has 138 valence electrons. The number of carbonyl (C=O) groups excluding carboxylic acids is 2. The molecular formula is C21H25FN2O2. The van der Waals surface area contributed by atoms with Crippen molar-refractivity contribution in [2.24, 2.45) is 0 Å². The van der Waals surface area contributed by atoms with Gasteiger partial charge in [0, 0.05) is 30.8 Å². The summed E-state index contributed by atoms with van der Waals surface area (Å²) in [5.41, 5.74) is 2.06. The van der Waals surface area contributed by atoms with Gasteiger partial charge in [-0.15, -0.1) is 0 Å². The molecule has 0 bridgehead atoms. The smallest absolute Gasteiger partial charge is 0.253 e. The second-order valence-electron chi connectivity index (χ2n) is 6.26. The molecule has 0 aliphatic heterocycles. The van der Waals surface area contributed by atoms with E-state index < -0.39 is 0 Å². The van der Waals surface area contributed by atoms with E-state index in [2.05, 4.69) is 5.32 Å². The Kier molecular flexibility index (Phi) is 6.89. The van der Waals surface area contributed by atoms with Gasteiger partial charge in [0.2, 0.25) is 5.91 Å². The highest BCUT2D eigenvalue weighted by Gasteiger charge is 2.15. The SMILES string of the molecule is CCN(CC)C(=O)c1cccc(NC(=O)CC(C)c2ccc(F)cc2)c1.